The van der Waals surface area contributed by atoms with Crippen molar-refractivity contribution in [2.75, 3.05) is 14.1 Å². The van der Waals surface area contributed by atoms with Gasteiger partial charge in [-0.1, -0.05) is 59.8 Å². The van der Waals surface area contributed by atoms with E-state index in [0.29, 0.717) is 25.1 Å². The van der Waals surface area contributed by atoms with Crippen LogP contribution < -0.4 is 0 Å². The molecule has 1 heterocycles. The summed E-state index contributed by atoms with van der Waals surface area (Å²) in [5.41, 5.74) is 3.93. The molecule has 5 nitrogen and oxygen atoms in total. The van der Waals surface area contributed by atoms with Crippen molar-refractivity contribution >= 4 is 5.91 Å². The Labute approximate surface area is 171 Å². The number of likely N-dealkylation sites (N-methyl/N-ethyl adjacent to an activating group) is 2. The summed E-state index contributed by atoms with van der Waals surface area (Å²) in [6, 6.07) is 20.6. The molecule has 1 amide bonds. The number of aryl methyl sites for hydroxylation is 1. The lowest BCUT2D eigenvalue weighted by Crippen LogP contribution is -2.58. The third kappa shape index (κ3) is 3.83. The molecule has 0 spiro atoms. The SMILES string of the molecule is Cc1cc(CN(C)C(=O)C2(N(C)Cc3ccccc3)Cc3ccccc3C2)on1. The first kappa shape index (κ1) is 19.4. The molecule has 5 heteroatoms. The first-order valence-corrected chi connectivity index (χ1v) is 9.98. The molecule has 4 rings (SSSR count). The maximum atomic E-state index is 13.8. The Morgan fingerprint density at radius 1 is 1.00 bits per heavy atom. The summed E-state index contributed by atoms with van der Waals surface area (Å²) in [4.78, 5) is 17.8. The van der Waals surface area contributed by atoms with E-state index in [-0.39, 0.29) is 5.91 Å². The molecule has 0 fully saturated rings. The van der Waals surface area contributed by atoms with Crippen LogP contribution in [0.25, 0.3) is 0 Å². The summed E-state index contributed by atoms with van der Waals surface area (Å²) >= 11 is 0. The van der Waals surface area contributed by atoms with E-state index in [1.165, 1.54) is 16.7 Å². The van der Waals surface area contributed by atoms with E-state index in [1.807, 2.05) is 38.2 Å². The van der Waals surface area contributed by atoms with Gasteiger partial charge in [0.05, 0.1) is 12.2 Å². The van der Waals surface area contributed by atoms with Crippen LogP contribution in [-0.4, -0.2) is 40.5 Å². The molecule has 0 atom stereocenters. The van der Waals surface area contributed by atoms with Crippen LogP contribution in [0.1, 0.15) is 28.1 Å². The summed E-state index contributed by atoms with van der Waals surface area (Å²) in [7, 11) is 3.91. The lowest BCUT2D eigenvalue weighted by molar-refractivity contribution is -0.143. The maximum absolute atomic E-state index is 13.8. The predicted octanol–water partition coefficient (Wildman–Crippen LogP) is 3.61. The van der Waals surface area contributed by atoms with E-state index in [4.69, 9.17) is 4.52 Å². The van der Waals surface area contributed by atoms with Crippen LogP contribution in [0.2, 0.25) is 0 Å². The number of hydrogen-bond donors (Lipinski definition) is 0. The highest BCUT2D eigenvalue weighted by Crippen LogP contribution is 2.36. The number of hydrogen-bond acceptors (Lipinski definition) is 4. The smallest absolute Gasteiger partial charge is 0.243 e. The summed E-state index contributed by atoms with van der Waals surface area (Å²) in [5.74, 6) is 0.816. The van der Waals surface area contributed by atoms with E-state index in [9.17, 15) is 4.79 Å². The number of amides is 1. The Bertz CT molecular complexity index is 971. The minimum atomic E-state index is -0.608. The average Bonchev–Trinajstić information content (AvgIpc) is 3.32. The molecular formula is C24H27N3O2. The fourth-order valence-electron chi connectivity index (χ4n) is 4.34. The molecule has 0 unspecified atom stereocenters. The zero-order chi connectivity index (χ0) is 20.4. The van der Waals surface area contributed by atoms with Crippen LogP contribution >= 0.6 is 0 Å². The first-order valence-electron chi connectivity index (χ1n) is 9.98. The van der Waals surface area contributed by atoms with Crippen molar-refractivity contribution in [1.82, 2.24) is 15.0 Å². The average molecular weight is 389 g/mol. The minimum Gasteiger partial charge on any atom is -0.359 e. The zero-order valence-corrected chi connectivity index (χ0v) is 17.3. The molecule has 0 bridgehead atoms. The van der Waals surface area contributed by atoms with Gasteiger partial charge >= 0.3 is 0 Å². The summed E-state index contributed by atoms with van der Waals surface area (Å²) in [6.45, 7) is 3.02. The predicted molar refractivity (Wildman–Crippen MR) is 112 cm³/mol. The number of rotatable bonds is 6. The number of carbonyl (C=O) groups excluding carboxylic acids is 1. The van der Waals surface area contributed by atoms with Crippen LogP contribution in [0.3, 0.4) is 0 Å². The van der Waals surface area contributed by atoms with Crippen molar-refractivity contribution in [3.8, 4) is 0 Å². The molecule has 0 saturated heterocycles. The van der Waals surface area contributed by atoms with Crippen LogP contribution in [0.15, 0.2) is 65.2 Å². The normalized spacial score (nSPS) is 14.8. The minimum absolute atomic E-state index is 0.112. The molecule has 29 heavy (non-hydrogen) atoms. The van der Waals surface area contributed by atoms with Gasteiger partial charge in [-0.2, -0.15) is 0 Å². The molecular weight excluding hydrogens is 362 g/mol. The van der Waals surface area contributed by atoms with Gasteiger partial charge in [-0.3, -0.25) is 9.69 Å². The van der Waals surface area contributed by atoms with Gasteiger partial charge in [0.2, 0.25) is 5.91 Å². The molecule has 0 N–H and O–H groups in total. The highest BCUT2D eigenvalue weighted by Gasteiger charge is 2.48. The van der Waals surface area contributed by atoms with E-state index < -0.39 is 5.54 Å². The second kappa shape index (κ2) is 7.84. The van der Waals surface area contributed by atoms with Crippen molar-refractivity contribution < 1.29 is 9.32 Å². The fraction of sp³-hybridized carbons (Fsp3) is 0.333. The largest absolute Gasteiger partial charge is 0.359 e. The third-order valence-corrected chi connectivity index (χ3v) is 5.89. The number of aromatic nitrogens is 1. The van der Waals surface area contributed by atoms with Gasteiger partial charge in [-0.15, -0.1) is 0 Å². The number of nitrogens with zero attached hydrogens (tertiary/aromatic N) is 3. The summed E-state index contributed by atoms with van der Waals surface area (Å²) < 4.78 is 5.34. The molecule has 150 valence electrons. The quantitative estimate of drug-likeness (QED) is 0.646. The number of fused-ring (bicyclic) bond motifs is 1. The Morgan fingerprint density at radius 2 is 1.62 bits per heavy atom. The first-order chi connectivity index (χ1) is 14.0. The lowest BCUT2D eigenvalue weighted by Gasteiger charge is -2.40. The van der Waals surface area contributed by atoms with E-state index in [2.05, 4.69) is 53.5 Å². The third-order valence-electron chi connectivity index (χ3n) is 5.89. The highest BCUT2D eigenvalue weighted by atomic mass is 16.5. The molecule has 1 aliphatic rings. The lowest BCUT2D eigenvalue weighted by atomic mass is 9.91. The summed E-state index contributed by atoms with van der Waals surface area (Å²) in [5, 5.41) is 3.94. The van der Waals surface area contributed by atoms with Crippen molar-refractivity contribution in [2.45, 2.75) is 38.4 Å². The standard InChI is InChI=1S/C24H27N3O2/c1-18-13-22(29-25-18)17-26(2)23(28)24(14-20-11-7-8-12-21(20)15-24)27(3)16-19-9-5-4-6-10-19/h4-13H,14-17H2,1-3H3. The Morgan fingerprint density at radius 3 is 2.21 bits per heavy atom. The van der Waals surface area contributed by atoms with Gasteiger partial charge in [0.15, 0.2) is 5.76 Å². The molecule has 3 aromatic rings. The fourth-order valence-corrected chi connectivity index (χ4v) is 4.34. The van der Waals surface area contributed by atoms with Crippen molar-refractivity contribution in [3.63, 3.8) is 0 Å². The number of benzene rings is 2. The molecule has 0 saturated carbocycles. The molecule has 2 aromatic carbocycles. The van der Waals surface area contributed by atoms with Gasteiger partial charge < -0.3 is 9.42 Å². The van der Waals surface area contributed by atoms with Gasteiger partial charge in [0.25, 0.3) is 0 Å². The van der Waals surface area contributed by atoms with Crippen LogP contribution in [0.4, 0.5) is 0 Å². The van der Waals surface area contributed by atoms with Gasteiger partial charge in [0.1, 0.15) is 5.54 Å². The second-order valence-electron chi connectivity index (χ2n) is 8.09. The highest BCUT2D eigenvalue weighted by molar-refractivity contribution is 5.88. The number of carbonyl (C=O) groups is 1. The van der Waals surface area contributed by atoms with Crippen LogP contribution in [0.5, 0.6) is 0 Å². The van der Waals surface area contributed by atoms with Crippen molar-refractivity contribution in [2.24, 2.45) is 0 Å². The van der Waals surface area contributed by atoms with E-state index >= 15 is 0 Å². The van der Waals surface area contributed by atoms with Gasteiger partial charge in [-0.25, -0.2) is 0 Å². The maximum Gasteiger partial charge on any atom is 0.243 e. The van der Waals surface area contributed by atoms with E-state index in [1.54, 1.807) is 4.90 Å². The van der Waals surface area contributed by atoms with Crippen LogP contribution in [0, 0.1) is 6.92 Å². The topological polar surface area (TPSA) is 49.6 Å². The Kier molecular flexibility index (Phi) is 5.24. The second-order valence-corrected chi connectivity index (χ2v) is 8.09. The Balaban J connectivity index is 1.62. The van der Waals surface area contributed by atoms with Crippen LogP contribution in [-0.2, 0) is 30.7 Å². The summed E-state index contributed by atoms with van der Waals surface area (Å²) in [6.07, 6.45) is 1.43. The van der Waals surface area contributed by atoms with Gasteiger partial charge in [0, 0.05) is 32.5 Å². The van der Waals surface area contributed by atoms with Gasteiger partial charge in [-0.05, 0) is 30.7 Å². The monoisotopic (exact) mass is 389 g/mol. The Hall–Kier alpha value is -2.92. The van der Waals surface area contributed by atoms with E-state index in [0.717, 1.165) is 12.2 Å². The molecule has 0 aliphatic heterocycles. The zero-order valence-electron chi connectivity index (χ0n) is 17.3. The van der Waals surface area contributed by atoms with Crippen molar-refractivity contribution in [3.05, 3.63) is 88.8 Å². The molecule has 0 radical (unpaired) electrons. The van der Waals surface area contributed by atoms with Crippen molar-refractivity contribution in [1.29, 1.82) is 0 Å². The molecule has 1 aliphatic carbocycles. The molecule has 1 aromatic heterocycles.